The van der Waals surface area contributed by atoms with E-state index in [0.29, 0.717) is 0 Å². The topological polar surface area (TPSA) is 3.24 Å². The Morgan fingerprint density at radius 3 is 2.50 bits per heavy atom. The third-order valence-electron chi connectivity index (χ3n) is 1.29. The zero-order chi connectivity index (χ0) is 8.15. The molecule has 0 amide bonds. The molecule has 0 aromatic heterocycles. The molecule has 0 fully saturated rings. The molecule has 0 heterocycles. The zero-order valence-electron chi connectivity index (χ0n) is 6.76. The predicted octanol–water partition coefficient (Wildman–Crippen LogP) is 2.32. The lowest BCUT2D eigenvalue weighted by atomic mass is 10.3. The molecule has 0 rings (SSSR count). The third-order valence-corrected chi connectivity index (χ3v) is 1.29. The molecule has 0 aliphatic heterocycles. The molecule has 0 saturated heterocycles. The Labute approximate surface area is 61.8 Å². The fourth-order valence-electron chi connectivity index (χ4n) is 0.477. The van der Waals surface area contributed by atoms with E-state index >= 15 is 0 Å². The van der Waals surface area contributed by atoms with E-state index in [2.05, 4.69) is 6.58 Å². The first-order valence-electron chi connectivity index (χ1n) is 3.24. The van der Waals surface area contributed by atoms with Gasteiger partial charge < -0.3 is 4.90 Å². The lowest BCUT2D eigenvalue weighted by Gasteiger charge is -2.15. The van der Waals surface area contributed by atoms with Crippen LogP contribution in [0.5, 0.6) is 0 Å². The number of allylic oxidation sites excluding steroid dienone is 2. The summed E-state index contributed by atoms with van der Waals surface area (Å²) in [5.74, 6) is 0. The van der Waals surface area contributed by atoms with Gasteiger partial charge in [-0.05, 0) is 19.4 Å². The summed E-state index contributed by atoms with van der Waals surface area (Å²) in [6.07, 6.45) is 2.48. The van der Waals surface area contributed by atoms with Gasteiger partial charge in [0.05, 0.1) is 0 Å². The largest absolute Gasteiger partial charge is 0.351 e. The molecule has 0 bridgehead atoms. The van der Waals surface area contributed by atoms with Gasteiger partial charge in [0.1, 0.15) is 0 Å². The van der Waals surface area contributed by atoms with Crippen molar-refractivity contribution >= 4 is 0 Å². The summed E-state index contributed by atoms with van der Waals surface area (Å²) < 4.78 is 12.4. The van der Waals surface area contributed by atoms with Crippen LogP contribution in [0.25, 0.3) is 0 Å². The summed E-state index contributed by atoms with van der Waals surface area (Å²) in [4.78, 5) is 1.50. The van der Waals surface area contributed by atoms with Crippen LogP contribution in [-0.2, 0) is 0 Å². The number of hydrogen-bond acceptors (Lipinski definition) is 1. The van der Waals surface area contributed by atoms with Crippen molar-refractivity contribution < 1.29 is 4.39 Å². The van der Waals surface area contributed by atoms with Crippen molar-refractivity contribution in [1.29, 1.82) is 0 Å². The molecule has 1 unspecified atom stereocenters. The van der Waals surface area contributed by atoms with E-state index in [-0.39, 0.29) is 0 Å². The third kappa shape index (κ3) is 3.28. The molecule has 0 saturated carbocycles. The van der Waals surface area contributed by atoms with Gasteiger partial charge in [-0.2, -0.15) is 0 Å². The summed E-state index contributed by atoms with van der Waals surface area (Å²) in [5.41, 5.74) is 0.965. The molecule has 0 aliphatic rings. The number of hydrogen-bond donors (Lipinski definition) is 0. The molecule has 0 aromatic carbocycles. The van der Waals surface area contributed by atoms with Crippen LogP contribution in [0.3, 0.4) is 0 Å². The fraction of sp³-hybridized carbons (Fsp3) is 0.500. The smallest absolute Gasteiger partial charge is 0.169 e. The zero-order valence-corrected chi connectivity index (χ0v) is 6.76. The van der Waals surface area contributed by atoms with Crippen molar-refractivity contribution in [2.24, 2.45) is 0 Å². The standard InChI is InChI=1S/C8H14FN/c1-5-7(2)6-10(4)8(3)9/h5-6,8H,1H2,2-4H3/b7-6-. The highest BCUT2D eigenvalue weighted by molar-refractivity contribution is 5.11. The molecule has 0 aliphatic carbocycles. The van der Waals surface area contributed by atoms with E-state index in [1.54, 1.807) is 19.3 Å². The summed E-state index contributed by atoms with van der Waals surface area (Å²) in [6, 6.07) is 0. The summed E-state index contributed by atoms with van der Waals surface area (Å²) in [7, 11) is 1.69. The second kappa shape index (κ2) is 4.09. The Morgan fingerprint density at radius 2 is 2.20 bits per heavy atom. The Hall–Kier alpha value is -0.790. The van der Waals surface area contributed by atoms with E-state index in [4.69, 9.17) is 0 Å². The summed E-state index contributed by atoms with van der Waals surface area (Å²) in [6.45, 7) is 6.93. The summed E-state index contributed by atoms with van der Waals surface area (Å²) >= 11 is 0. The first-order chi connectivity index (χ1) is 4.57. The SMILES string of the molecule is C=C/C(C)=C\N(C)C(C)F. The van der Waals surface area contributed by atoms with Crippen molar-refractivity contribution in [1.82, 2.24) is 4.90 Å². The van der Waals surface area contributed by atoms with Crippen LogP contribution in [0.4, 0.5) is 4.39 Å². The minimum atomic E-state index is -0.935. The lowest BCUT2D eigenvalue weighted by Crippen LogP contribution is -2.18. The van der Waals surface area contributed by atoms with Gasteiger partial charge in [-0.1, -0.05) is 12.7 Å². The van der Waals surface area contributed by atoms with Gasteiger partial charge in [0, 0.05) is 13.2 Å². The van der Waals surface area contributed by atoms with Gasteiger partial charge >= 0.3 is 0 Å². The van der Waals surface area contributed by atoms with E-state index in [9.17, 15) is 4.39 Å². The predicted molar refractivity (Wildman–Crippen MR) is 42.3 cm³/mol. The molecule has 0 radical (unpaired) electrons. The van der Waals surface area contributed by atoms with Crippen molar-refractivity contribution in [2.45, 2.75) is 20.1 Å². The maximum absolute atomic E-state index is 12.4. The van der Waals surface area contributed by atoms with Gasteiger partial charge in [0.25, 0.3) is 0 Å². The highest BCUT2D eigenvalue weighted by Gasteiger charge is 1.99. The normalized spacial score (nSPS) is 14.6. The van der Waals surface area contributed by atoms with Crippen molar-refractivity contribution in [3.05, 3.63) is 24.4 Å². The van der Waals surface area contributed by atoms with E-state index in [1.807, 2.05) is 6.92 Å². The maximum Gasteiger partial charge on any atom is 0.169 e. The van der Waals surface area contributed by atoms with E-state index in [0.717, 1.165) is 5.57 Å². The van der Waals surface area contributed by atoms with Crippen LogP contribution in [0.1, 0.15) is 13.8 Å². The van der Waals surface area contributed by atoms with Crippen LogP contribution in [-0.4, -0.2) is 18.2 Å². The molecule has 2 heteroatoms. The van der Waals surface area contributed by atoms with Crippen LogP contribution in [0, 0.1) is 0 Å². The molecular formula is C8H14FN. The second-order valence-electron chi connectivity index (χ2n) is 2.32. The second-order valence-corrected chi connectivity index (χ2v) is 2.32. The van der Waals surface area contributed by atoms with Gasteiger partial charge in [-0.25, -0.2) is 4.39 Å². The van der Waals surface area contributed by atoms with Crippen LogP contribution in [0.15, 0.2) is 24.4 Å². The molecule has 0 spiro atoms. The van der Waals surface area contributed by atoms with E-state index in [1.165, 1.54) is 11.8 Å². The van der Waals surface area contributed by atoms with Gasteiger partial charge in [-0.3, -0.25) is 0 Å². The average molecular weight is 143 g/mol. The minimum absolute atomic E-state index is 0.935. The molecule has 10 heavy (non-hydrogen) atoms. The monoisotopic (exact) mass is 143 g/mol. The maximum atomic E-state index is 12.4. The fourth-order valence-corrected chi connectivity index (χ4v) is 0.477. The Morgan fingerprint density at radius 1 is 1.70 bits per heavy atom. The molecule has 1 nitrogen and oxygen atoms in total. The molecule has 0 N–H and O–H groups in total. The van der Waals surface area contributed by atoms with E-state index < -0.39 is 6.30 Å². The average Bonchev–Trinajstić information content (AvgIpc) is 1.87. The van der Waals surface area contributed by atoms with Crippen molar-refractivity contribution in [3.8, 4) is 0 Å². The van der Waals surface area contributed by atoms with Crippen LogP contribution >= 0.6 is 0 Å². The van der Waals surface area contributed by atoms with Crippen molar-refractivity contribution in [2.75, 3.05) is 7.05 Å². The molecular weight excluding hydrogens is 129 g/mol. The quantitative estimate of drug-likeness (QED) is 0.433. The van der Waals surface area contributed by atoms with Crippen LogP contribution < -0.4 is 0 Å². The molecule has 1 atom stereocenters. The number of rotatable bonds is 3. The highest BCUT2D eigenvalue weighted by Crippen LogP contribution is 2.01. The Kier molecular flexibility index (Phi) is 3.77. The number of halogens is 1. The van der Waals surface area contributed by atoms with Gasteiger partial charge in [0.2, 0.25) is 0 Å². The van der Waals surface area contributed by atoms with Gasteiger partial charge in [0.15, 0.2) is 6.30 Å². The number of nitrogens with zero attached hydrogens (tertiary/aromatic N) is 1. The van der Waals surface area contributed by atoms with Gasteiger partial charge in [-0.15, -0.1) is 0 Å². The first-order valence-corrected chi connectivity index (χ1v) is 3.24. The number of alkyl halides is 1. The Balaban J connectivity index is 3.98. The Bertz CT molecular complexity index is 138. The van der Waals surface area contributed by atoms with Crippen LogP contribution in [0.2, 0.25) is 0 Å². The minimum Gasteiger partial charge on any atom is -0.351 e. The van der Waals surface area contributed by atoms with Crippen molar-refractivity contribution in [3.63, 3.8) is 0 Å². The molecule has 58 valence electrons. The highest BCUT2D eigenvalue weighted by atomic mass is 19.1. The summed E-state index contributed by atoms with van der Waals surface area (Å²) in [5, 5.41) is 0. The molecule has 0 aromatic rings. The lowest BCUT2D eigenvalue weighted by molar-refractivity contribution is 0.179. The first kappa shape index (κ1) is 9.21.